The van der Waals surface area contributed by atoms with E-state index in [1.54, 1.807) is 19.1 Å². The van der Waals surface area contributed by atoms with E-state index in [1.807, 2.05) is 0 Å². The lowest BCUT2D eigenvalue weighted by molar-refractivity contribution is -0.151. The molecule has 39 heavy (non-hydrogen) atoms. The number of fused-ring (bicyclic) bond motifs is 1. The summed E-state index contributed by atoms with van der Waals surface area (Å²) < 4.78 is 78.1. The number of nitrogens with zero attached hydrogens (tertiary/aromatic N) is 3. The lowest BCUT2D eigenvalue weighted by atomic mass is 10.1. The van der Waals surface area contributed by atoms with Gasteiger partial charge in [-0.15, -0.1) is 0 Å². The number of hydrogen-bond acceptors (Lipinski definition) is 7. The molecule has 0 aliphatic heterocycles. The molecule has 0 saturated heterocycles. The molecule has 5 rings (SSSR count). The maximum atomic E-state index is 13.8. The maximum absolute atomic E-state index is 13.8. The molecule has 1 atom stereocenters. The fourth-order valence-corrected chi connectivity index (χ4v) is 5.17. The van der Waals surface area contributed by atoms with Crippen molar-refractivity contribution in [2.24, 2.45) is 5.14 Å². The van der Waals surface area contributed by atoms with Crippen LogP contribution < -0.4 is 15.8 Å². The van der Waals surface area contributed by atoms with Crippen molar-refractivity contribution in [2.75, 3.05) is 10.6 Å². The van der Waals surface area contributed by atoms with Crippen LogP contribution in [0.2, 0.25) is 5.02 Å². The van der Waals surface area contributed by atoms with Gasteiger partial charge in [0.1, 0.15) is 21.8 Å². The highest BCUT2D eigenvalue weighted by Gasteiger charge is 2.64. The molecule has 1 fully saturated rings. The van der Waals surface area contributed by atoms with Crippen molar-refractivity contribution in [3.05, 3.63) is 71.0 Å². The van der Waals surface area contributed by atoms with Gasteiger partial charge in [-0.3, -0.25) is 0 Å². The van der Waals surface area contributed by atoms with E-state index in [4.69, 9.17) is 16.7 Å². The first-order chi connectivity index (χ1) is 18.3. The molecule has 0 spiro atoms. The highest BCUT2D eigenvalue weighted by atomic mass is 35.5. The SMILES string of the molecule is C[C@@H](Nc1nc(NC2(C(F)(F)F)CC2)c2nc(-c3ccc(F)cc3)ccc2n1)c1ccc(S(N)(=O)=O)c(Cl)c1. The molecular formula is C25H21ClF4N6O2S. The largest absolute Gasteiger partial charge is 0.411 e. The Morgan fingerprint density at radius 3 is 2.31 bits per heavy atom. The second kappa shape index (κ2) is 9.57. The normalized spacial score (nSPS) is 15.7. The molecule has 0 amide bonds. The van der Waals surface area contributed by atoms with Gasteiger partial charge in [-0.05, 0) is 73.9 Å². The van der Waals surface area contributed by atoms with E-state index in [-0.39, 0.29) is 45.6 Å². The van der Waals surface area contributed by atoms with E-state index in [0.717, 1.165) is 0 Å². The van der Waals surface area contributed by atoms with Gasteiger partial charge in [0, 0.05) is 5.56 Å². The van der Waals surface area contributed by atoms with Crippen molar-refractivity contribution in [3.8, 4) is 11.3 Å². The van der Waals surface area contributed by atoms with Crippen molar-refractivity contribution in [2.45, 2.75) is 42.4 Å². The first kappa shape index (κ1) is 27.0. The molecule has 0 unspecified atom stereocenters. The van der Waals surface area contributed by atoms with Gasteiger partial charge in [0.2, 0.25) is 16.0 Å². The summed E-state index contributed by atoms with van der Waals surface area (Å²) in [5.74, 6) is -0.536. The lowest BCUT2D eigenvalue weighted by Gasteiger charge is -2.23. The molecular weight excluding hydrogens is 560 g/mol. The van der Waals surface area contributed by atoms with Gasteiger partial charge in [0.05, 0.1) is 22.3 Å². The number of hydrogen-bond donors (Lipinski definition) is 3. The van der Waals surface area contributed by atoms with Crippen molar-refractivity contribution in [1.82, 2.24) is 15.0 Å². The van der Waals surface area contributed by atoms with Crippen LogP contribution in [0.3, 0.4) is 0 Å². The van der Waals surface area contributed by atoms with Gasteiger partial charge in [-0.2, -0.15) is 18.2 Å². The third-order valence-corrected chi connectivity index (χ3v) is 7.83. The summed E-state index contributed by atoms with van der Waals surface area (Å²) >= 11 is 6.10. The Bertz CT molecular complexity index is 1680. The molecule has 0 bridgehead atoms. The molecule has 2 heterocycles. The number of nitrogens with two attached hydrogens (primary N) is 1. The van der Waals surface area contributed by atoms with Crippen molar-refractivity contribution >= 4 is 44.4 Å². The van der Waals surface area contributed by atoms with E-state index in [1.165, 1.54) is 42.5 Å². The molecule has 204 valence electrons. The average Bonchev–Trinajstić information content (AvgIpc) is 3.64. The molecule has 4 aromatic rings. The van der Waals surface area contributed by atoms with Gasteiger partial charge in [0.25, 0.3) is 0 Å². The Morgan fingerprint density at radius 1 is 1.03 bits per heavy atom. The number of benzene rings is 2. The third-order valence-electron chi connectivity index (χ3n) is 6.44. The lowest BCUT2D eigenvalue weighted by Crippen LogP contribution is -2.39. The second-order valence-corrected chi connectivity index (χ2v) is 11.2. The quantitative estimate of drug-likeness (QED) is 0.236. The fraction of sp³-hybridized carbons (Fsp3) is 0.240. The first-order valence-electron chi connectivity index (χ1n) is 11.6. The number of aromatic nitrogens is 3. The van der Waals surface area contributed by atoms with Gasteiger partial charge in [0.15, 0.2) is 5.82 Å². The molecule has 1 aliphatic carbocycles. The van der Waals surface area contributed by atoms with E-state index >= 15 is 0 Å². The van der Waals surface area contributed by atoms with Crippen LogP contribution in [0.1, 0.15) is 31.4 Å². The summed E-state index contributed by atoms with van der Waals surface area (Å²) in [6.07, 6.45) is -4.75. The maximum Gasteiger partial charge on any atom is 0.411 e. The average molecular weight is 581 g/mol. The minimum atomic E-state index is -4.51. The summed E-state index contributed by atoms with van der Waals surface area (Å²) in [5, 5.41) is 10.6. The zero-order valence-electron chi connectivity index (χ0n) is 20.2. The van der Waals surface area contributed by atoms with E-state index in [9.17, 15) is 26.0 Å². The summed E-state index contributed by atoms with van der Waals surface area (Å²) in [7, 11) is -4.02. The Balaban J connectivity index is 1.54. The summed E-state index contributed by atoms with van der Waals surface area (Å²) in [4.78, 5) is 13.0. The Kier molecular flexibility index (Phi) is 6.64. The van der Waals surface area contributed by atoms with E-state index < -0.39 is 33.6 Å². The zero-order valence-corrected chi connectivity index (χ0v) is 21.8. The van der Waals surface area contributed by atoms with E-state index in [2.05, 4.69) is 25.6 Å². The predicted molar refractivity (Wildman–Crippen MR) is 139 cm³/mol. The van der Waals surface area contributed by atoms with E-state index in [0.29, 0.717) is 16.8 Å². The fourth-order valence-electron chi connectivity index (χ4n) is 4.07. The molecule has 1 aliphatic rings. The van der Waals surface area contributed by atoms with Crippen LogP contribution in [-0.4, -0.2) is 35.1 Å². The molecule has 0 radical (unpaired) electrons. The Hall–Kier alpha value is -3.55. The number of nitrogens with one attached hydrogen (secondary N) is 2. The number of pyridine rings is 1. The molecule has 4 N–H and O–H groups in total. The van der Waals surface area contributed by atoms with Crippen LogP contribution in [0, 0.1) is 5.82 Å². The Labute approximate surface area is 225 Å². The van der Waals surface area contributed by atoms with Crippen LogP contribution in [-0.2, 0) is 10.0 Å². The molecule has 14 heteroatoms. The zero-order chi connectivity index (χ0) is 28.2. The number of rotatable bonds is 7. The van der Waals surface area contributed by atoms with Gasteiger partial charge in [-0.1, -0.05) is 17.7 Å². The van der Waals surface area contributed by atoms with Crippen molar-refractivity contribution in [3.63, 3.8) is 0 Å². The van der Waals surface area contributed by atoms with Gasteiger partial charge < -0.3 is 10.6 Å². The third kappa shape index (κ3) is 5.47. The minimum absolute atomic E-state index is 0.0125. The summed E-state index contributed by atoms with van der Waals surface area (Å²) in [5.41, 5.74) is -0.201. The van der Waals surface area contributed by atoms with Crippen LogP contribution in [0.5, 0.6) is 0 Å². The second-order valence-electron chi connectivity index (χ2n) is 9.27. The molecule has 8 nitrogen and oxygen atoms in total. The highest BCUT2D eigenvalue weighted by molar-refractivity contribution is 7.89. The standard InChI is InChI=1S/C25H21ClF4N6O2S/c1-13(15-4-9-20(17(26)12-15)39(31,37)38)32-23-34-19-8-7-18(14-2-5-16(27)6-3-14)33-21(19)22(35-23)36-24(10-11-24)25(28,29)30/h2-9,12-13H,10-11H2,1H3,(H2,31,37,38)(H2,32,34,35,36)/t13-/m1/s1. The van der Waals surface area contributed by atoms with Gasteiger partial charge >= 0.3 is 6.18 Å². The topological polar surface area (TPSA) is 123 Å². The monoisotopic (exact) mass is 580 g/mol. The van der Waals surface area contributed by atoms with Crippen LogP contribution >= 0.6 is 11.6 Å². The number of anilines is 2. The number of halogens is 5. The van der Waals surface area contributed by atoms with Crippen LogP contribution in [0.15, 0.2) is 59.5 Å². The van der Waals surface area contributed by atoms with Crippen molar-refractivity contribution < 1.29 is 26.0 Å². The molecule has 1 saturated carbocycles. The van der Waals surface area contributed by atoms with Crippen LogP contribution in [0.4, 0.5) is 29.3 Å². The highest BCUT2D eigenvalue weighted by Crippen LogP contribution is 2.51. The predicted octanol–water partition coefficient (Wildman–Crippen LogP) is 5.81. The smallest absolute Gasteiger partial charge is 0.354 e. The summed E-state index contributed by atoms with van der Waals surface area (Å²) in [6.45, 7) is 1.72. The van der Waals surface area contributed by atoms with Crippen molar-refractivity contribution in [1.29, 1.82) is 0 Å². The van der Waals surface area contributed by atoms with Crippen LogP contribution in [0.25, 0.3) is 22.3 Å². The number of alkyl halides is 3. The first-order valence-corrected chi connectivity index (χ1v) is 13.6. The number of primary sulfonamides is 1. The minimum Gasteiger partial charge on any atom is -0.354 e. The summed E-state index contributed by atoms with van der Waals surface area (Å²) in [6, 6.07) is 12.4. The molecule has 2 aromatic heterocycles. The number of sulfonamides is 1. The van der Waals surface area contributed by atoms with Gasteiger partial charge in [-0.25, -0.2) is 27.9 Å². The molecule has 2 aromatic carbocycles. The Morgan fingerprint density at radius 2 is 1.72 bits per heavy atom.